The van der Waals surface area contributed by atoms with Crippen LogP contribution < -0.4 is 5.32 Å². The maximum atomic E-state index is 5.41. The summed E-state index contributed by atoms with van der Waals surface area (Å²) in [7, 11) is 1.83. The van der Waals surface area contributed by atoms with Crippen molar-refractivity contribution >= 4 is 0 Å². The van der Waals surface area contributed by atoms with Gasteiger partial charge in [-0.3, -0.25) is 0 Å². The van der Waals surface area contributed by atoms with Crippen molar-refractivity contribution in [3.63, 3.8) is 0 Å². The number of methoxy groups -OCH3 is 1. The lowest BCUT2D eigenvalue weighted by atomic mass is 9.91. The first-order valence-corrected chi connectivity index (χ1v) is 4.62. The molecule has 1 N–H and O–H groups in total. The van der Waals surface area contributed by atoms with Crippen LogP contribution in [0.15, 0.2) is 0 Å². The molecule has 0 aromatic heterocycles. The summed E-state index contributed by atoms with van der Waals surface area (Å²) in [5.74, 6) is 0.797. The molecule has 0 radical (unpaired) electrons. The summed E-state index contributed by atoms with van der Waals surface area (Å²) >= 11 is 0. The van der Waals surface area contributed by atoms with Gasteiger partial charge >= 0.3 is 0 Å². The highest BCUT2D eigenvalue weighted by Gasteiger charge is 2.21. The van der Waals surface area contributed by atoms with Gasteiger partial charge in [0.25, 0.3) is 0 Å². The highest BCUT2D eigenvalue weighted by atomic mass is 16.5. The van der Waals surface area contributed by atoms with E-state index in [-0.39, 0.29) is 0 Å². The molecule has 1 aliphatic rings. The number of ether oxygens (including phenoxy) is 1. The first-order chi connectivity index (χ1) is 5.38. The standard InChI is InChI=1S/C9H19NO/c1-3-9(11-2)8-4-6-10-7-5-8/h8-10H,3-7H2,1-2H3. The fourth-order valence-electron chi connectivity index (χ4n) is 1.91. The van der Waals surface area contributed by atoms with Crippen molar-refractivity contribution in [2.45, 2.75) is 32.3 Å². The van der Waals surface area contributed by atoms with Crippen LogP contribution in [0, 0.1) is 5.92 Å². The Morgan fingerprint density at radius 1 is 1.45 bits per heavy atom. The Labute approximate surface area is 69.3 Å². The third-order valence-corrected chi connectivity index (χ3v) is 2.61. The molecule has 1 saturated heterocycles. The fourth-order valence-corrected chi connectivity index (χ4v) is 1.91. The molecule has 0 spiro atoms. The van der Waals surface area contributed by atoms with Gasteiger partial charge in [0, 0.05) is 7.11 Å². The van der Waals surface area contributed by atoms with Gasteiger partial charge in [-0.2, -0.15) is 0 Å². The Hall–Kier alpha value is -0.0800. The molecule has 11 heavy (non-hydrogen) atoms. The second kappa shape index (κ2) is 4.73. The van der Waals surface area contributed by atoms with Gasteiger partial charge < -0.3 is 10.1 Å². The Bertz CT molecular complexity index is 95.7. The lowest BCUT2D eigenvalue weighted by molar-refractivity contribution is 0.0368. The van der Waals surface area contributed by atoms with Crippen molar-refractivity contribution in [2.24, 2.45) is 5.92 Å². The van der Waals surface area contributed by atoms with E-state index in [0.717, 1.165) is 12.3 Å². The molecule has 66 valence electrons. The monoisotopic (exact) mass is 157 g/mol. The third kappa shape index (κ3) is 2.46. The summed E-state index contributed by atoms with van der Waals surface area (Å²) in [4.78, 5) is 0. The van der Waals surface area contributed by atoms with Gasteiger partial charge in [0.2, 0.25) is 0 Å². The molecule has 0 aromatic rings. The molecule has 1 fully saturated rings. The molecular formula is C9H19NO. The quantitative estimate of drug-likeness (QED) is 0.669. The van der Waals surface area contributed by atoms with E-state index in [1.54, 1.807) is 0 Å². The molecule has 1 unspecified atom stereocenters. The Morgan fingerprint density at radius 2 is 2.09 bits per heavy atom. The minimum Gasteiger partial charge on any atom is -0.381 e. The molecule has 0 bridgehead atoms. The van der Waals surface area contributed by atoms with Crippen molar-refractivity contribution in [3.05, 3.63) is 0 Å². The predicted molar refractivity (Wildman–Crippen MR) is 46.7 cm³/mol. The van der Waals surface area contributed by atoms with Crippen LogP contribution in [-0.4, -0.2) is 26.3 Å². The van der Waals surface area contributed by atoms with Crippen molar-refractivity contribution in [3.8, 4) is 0 Å². The molecular weight excluding hydrogens is 138 g/mol. The van der Waals surface area contributed by atoms with Crippen molar-refractivity contribution in [1.29, 1.82) is 0 Å². The number of rotatable bonds is 3. The second-order valence-corrected chi connectivity index (χ2v) is 3.27. The van der Waals surface area contributed by atoms with E-state index in [1.807, 2.05) is 7.11 Å². The third-order valence-electron chi connectivity index (χ3n) is 2.61. The van der Waals surface area contributed by atoms with Crippen LogP contribution in [0.1, 0.15) is 26.2 Å². The van der Waals surface area contributed by atoms with E-state index in [4.69, 9.17) is 4.74 Å². The van der Waals surface area contributed by atoms with Gasteiger partial charge in [-0.15, -0.1) is 0 Å². The largest absolute Gasteiger partial charge is 0.381 e. The van der Waals surface area contributed by atoms with Gasteiger partial charge in [-0.1, -0.05) is 6.92 Å². The van der Waals surface area contributed by atoms with Crippen LogP contribution in [0.25, 0.3) is 0 Å². The fraction of sp³-hybridized carbons (Fsp3) is 1.00. The van der Waals surface area contributed by atoms with Crippen LogP contribution >= 0.6 is 0 Å². The normalized spacial score (nSPS) is 23.5. The average molecular weight is 157 g/mol. The molecule has 0 amide bonds. The number of nitrogens with one attached hydrogen (secondary N) is 1. The maximum Gasteiger partial charge on any atom is 0.0597 e. The molecule has 0 aliphatic carbocycles. The van der Waals surface area contributed by atoms with E-state index in [2.05, 4.69) is 12.2 Å². The lowest BCUT2D eigenvalue weighted by Gasteiger charge is -2.28. The van der Waals surface area contributed by atoms with E-state index >= 15 is 0 Å². The zero-order valence-corrected chi connectivity index (χ0v) is 7.60. The number of hydrogen-bond donors (Lipinski definition) is 1. The van der Waals surface area contributed by atoms with Crippen LogP contribution in [0.2, 0.25) is 0 Å². The van der Waals surface area contributed by atoms with Crippen LogP contribution in [0.3, 0.4) is 0 Å². The summed E-state index contributed by atoms with van der Waals surface area (Å²) in [6.45, 7) is 4.55. The van der Waals surface area contributed by atoms with Gasteiger partial charge in [0.05, 0.1) is 6.10 Å². The van der Waals surface area contributed by atoms with E-state index in [0.29, 0.717) is 6.10 Å². The minimum absolute atomic E-state index is 0.497. The smallest absolute Gasteiger partial charge is 0.0597 e. The van der Waals surface area contributed by atoms with Gasteiger partial charge in [-0.25, -0.2) is 0 Å². The summed E-state index contributed by atoms with van der Waals surface area (Å²) in [5.41, 5.74) is 0. The highest BCUT2D eigenvalue weighted by molar-refractivity contribution is 4.74. The van der Waals surface area contributed by atoms with E-state index in [9.17, 15) is 0 Å². The zero-order valence-electron chi connectivity index (χ0n) is 7.60. The van der Waals surface area contributed by atoms with Gasteiger partial charge in [0.1, 0.15) is 0 Å². The summed E-state index contributed by atoms with van der Waals surface area (Å²) < 4.78 is 5.41. The summed E-state index contributed by atoms with van der Waals surface area (Å²) in [6.07, 6.45) is 4.22. The van der Waals surface area contributed by atoms with Crippen LogP contribution in [0.5, 0.6) is 0 Å². The van der Waals surface area contributed by atoms with E-state index < -0.39 is 0 Å². The first-order valence-electron chi connectivity index (χ1n) is 4.62. The van der Waals surface area contributed by atoms with Crippen molar-refractivity contribution in [1.82, 2.24) is 5.32 Å². The number of piperidine rings is 1. The van der Waals surface area contributed by atoms with E-state index in [1.165, 1.54) is 25.9 Å². The molecule has 1 rings (SSSR count). The SMILES string of the molecule is CCC(OC)C1CCNCC1. The molecule has 2 heteroatoms. The Morgan fingerprint density at radius 3 is 2.55 bits per heavy atom. The molecule has 0 saturated carbocycles. The Kier molecular flexibility index (Phi) is 3.87. The zero-order chi connectivity index (χ0) is 8.10. The average Bonchev–Trinajstić information content (AvgIpc) is 2.09. The maximum absolute atomic E-state index is 5.41. The van der Waals surface area contributed by atoms with Gasteiger partial charge in [-0.05, 0) is 38.3 Å². The molecule has 0 aromatic carbocycles. The molecule has 1 heterocycles. The summed E-state index contributed by atoms with van der Waals surface area (Å²) in [6, 6.07) is 0. The first kappa shape index (κ1) is 9.01. The topological polar surface area (TPSA) is 21.3 Å². The minimum atomic E-state index is 0.497. The Balaban J connectivity index is 2.30. The van der Waals surface area contributed by atoms with Crippen LogP contribution in [0.4, 0.5) is 0 Å². The summed E-state index contributed by atoms with van der Waals surface area (Å²) in [5, 5.41) is 3.36. The molecule has 1 atom stereocenters. The van der Waals surface area contributed by atoms with Crippen LogP contribution in [-0.2, 0) is 4.74 Å². The number of hydrogen-bond acceptors (Lipinski definition) is 2. The second-order valence-electron chi connectivity index (χ2n) is 3.27. The predicted octanol–water partition coefficient (Wildman–Crippen LogP) is 1.41. The molecule has 2 nitrogen and oxygen atoms in total. The lowest BCUT2D eigenvalue weighted by Crippen LogP contribution is -2.34. The van der Waals surface area contributed by atoms with Crippen molar-refractivity contribution in [2.75, 3.05) is 20.2 Å². The molecule has 1 aliphatic heterocycles. The van der Waals surface area contributed by atoms with Gasteiger partial charge in [0.15, 0.2) is 0 Å². The highest BCUT2D eigenvalue weighted by Crippen LogP contribution is 2.20. The van der Waals surface area contributed by atoms with Crippen molar-refractivity contribution < 1.29 is 4.74 Å².